The highest BCUT2D eigenvalue weighted by Crippen LogP contribution is 2.36. The first kappa shape index (κ1) is 20.4. The van der Waals surface area contributed by atoms with E-state index in [1.54, 1.807) is 54.6 Å². The fraction of sp³-hybridized carbons (Fsp3) is 0.0833. The van der Waals surface area contributed by atoms with E-state index in [9.17, 15) is 9.59 Å². The number of rotatable bonds is 3. The Hall–Kier alpha value is -2.89. The molecule has 0 aliphatic heterocycles. The van der Waals surface area contributed by atoms with Gasteiger partial charge in [0.05, 0.1) is 16.0 Å². The van der Waals surface area contributed by atoms with E-state index in [1.165, 1.54) is 0 Å². The summed E-state index contributed by atoms with van der Waals surface area (Å²) in [7, 11) is 0. The zero-order valence-corrected chi connectivity index (χ0v) is 18.5. The minimum atomic E-state index is -0.660. The summed E-state index contributed by atoms with van der Waals surface area (Å²) < 4.78 is 12.5. The smallest absolute Gasteiger partial charge is 0.343 e. The Kier molecular flexibility index (Phi) is 5.50. The second kappa shape index (κ2) is 8.09. The standard InChI is InChI=1S/C24H16BrClO4/c1-13-11-14(2)21-18(12-13)20(27)23(22(29-21)17-5-3-4-6-19(17)26)30-24(28)15-7-9-16(25)10-8-15/h3-12H,1-2H3. The number of aryl methyl sites for hydroxylation is 2. The van der Waals surface area contributed by atoms with E-state index in [0.29, 0.717) is 27.1 Å². The fourth-order valence-corrected chi connectivity index (χ4v) is 3.77. The normalized spacial score (nSPS) is 10.9. The number of benzene rings is 3. The number of esters is 1. The predicted octanol–water partition coefficient (Wildman–Crippen LogP) is 6.71. The summed E-state index contributed by atoms with van der Waals surface area (Å²) in [4.78, 5) is 26.1. The summed E-state index contributed by atoms with van der Waals surface area (Å²) in [5, 5.41) is 0.729. The van der Waals surface area contributed by atoms with Crippen molar-refractivity contribution in [2.45, 2.75) is 13.8 Å². The van der Waals surface area contributed by atoms with Crippen molar-refractivity contribution in [1.82, 2.24) is 0 Å². The van der Waals surface area contributed by atoms with E-state index < -0.39 is 11.4 Å². The first-order chi connectivity index (χ1) is 14.3. The molecule has 0 N–H and O–H groups in total. The van der Waals surface area contributed by atoms with Crippen molar-refractivity contribution in [2.24, 2.45) is 0 Å². The summed E-state index contributed by atoms with van der Waals surface area (Å²) in [6.45, 7) is 3.75. The van der Waals surface area contributed by atoms with E-state index in [4.69, 9.17) is 20.8 Å². The molecule has 4 rings (SSSR count). The van der Waals surface area contributed by atoms with Crippen LogP contribution in [0.25, 0.3) is 22.3 Å². The quantitative estimate of drug-likeness (QED) is 0.304. The molecule has 0 unspecified atom stereocenters. The van der Waals surface area contributed by atoms with Crippen LogP contribution in [-0.2, 0) is 0 Å². The second-order valence-corrected chi connectivity index (χ2v) is 8.25. The second-order valence-electron chi connectivity index (χ2n) is 6.92. The van der Waals surface area contributed by atoms with Crippen molar-refractivity contribution in [3.8, 4) is 17.1 Å². The van der Waals surface area contributed by atoms with Crippen LogP contribution >= 0.6 is 27.5 Å². The van der Waals surface area contributed by atoms with Gasteiger partial charge in [-0.1, -0.05) is 45.7 Å². The number of ether oxygens (including phenoxy) is 1. The molecule has 6 heteroatoms. The summed E-state index contributed by atoms with van der Waals surface area (Å²) in [6.07, 6.45) is 0. The van der Waals surface area contributed by atoms with Crippen molar-refractivity contribution in [3.63, 3.8) is 0 Å². The topological polar surface area (TPSA) is 56.5 Å². The Morgan fingerprint density at radius 1 is 1.03 bits per heavy atom. The van der Waals surface area contributed by atoms with Gasteiger partial charge in [0, 0.05) is 10.0 Å². The van der Waals surface area contributed by atoms with E-state index in [-0.39, 0.29) is 11.5 Å². The summed E-state index contributed by atoms with van der Waals surface area (Å²) in [6, 6.07) is 17.3. The van der Waals surface area contributed by atoms with Crippen LogP contribution in [-0.4, -0.2) is 5.97 Å². The summed E-state index contributed by atoms with van der Waals surface area (Å²) >= 11 is 9.69. The van der Waals surface area contributed by atoms with Crippen molar-refractivity contribution in [1.29, 1.82) is 0 Å². The Morgan fingerprint density at radius 3 is 2.43 bits per heavy atom. The van der Waals surface area contributed by atoms with Gasteiger partial charge in [0.15, 0.2) is 5.76 Å². The number of fused-ring (bicyclic) bond motifs is 1. The van der Waals surface area contributed by atoms with Gasteiger partial charge >= 0.3 is 5.97 Å². The Bertz CT molecular complexity index is 1340. The van der Waals surface area contributed by atoms with Crippen LogP contribution in [0.1, 0.15) is 21.5 Å². The lowest BCUT2D eigenvalue weighted by atomic mass is 10.1. The molecular formula is C24H16BrClO4. The van der Waals surface area contributed by atoms with Gasteiger partial charge in [-0.2, -0.15) is 0 Å². The Labute approximate surface area is 186 Å². The molecule has 0 aliphatic rings. The van der Waals surface area contributed by atoms with Crippen molar-refractivity contribution in [2.75, 3.05) is 0 Å². The van der Waals surface area contributed by atoms with E-state index in [0.717, 1.165) is 15.6 Å². The third kappa shape index (κ3) is 3.78. The van der Waals surface area contributed by atoms with E-state index >= 15 is 0 Å². The average Bonchev–Trinajstić information content (AvgIpc) is 2.71. The number of carbonyl (C=O) groups is 1. The van der Waals surface area contributed by atoms with Crippen molar-refractivity contribution >= 4 is 44.5 Å². The van der Waals surface area contributed by atoms with E-state index in [1.807, 2.05) is 19.9 Å². The van der Waals surface area contributed by atoms with Gasteiger partial charge in [-0.3, -0.25) is 4.79 Å². The average molecular weight is 484 g/mol. The van der Waals surface area contributed by atoms with Gasteiger partial charge in [0.2, 0.25) is 11.2 Å². The maximum atomic E-state index is 13.4. The monoisotopic (exact) mass is 482 g/mol. The van der Waals surface area contributed by atoms with Crippen LogP contribution in [0.5, 0.6) is 5.75 Å². The molecule has 30 heavy (non-hydrogen) atoms. The molecule has 0 spiro atoms. The molecule has 0 radical (unpaired) electrons. The lowest BCUT2D eigenvalue weighted by molar-refractivity contribution is 0.0731. The van der Waals surface area contributed by atoms with Crippen LogP contribution in [0.3, 0.4) is 0 Å². The molecule has 1 aromatic heterocycles. The summed E-state index contributed by atoms with van der Waals surface area (Å²) in [5.74, 6) is -0.726. The zero-order chi connectivity index (χ0) is 21.4. The fourth-order valence-electron chi connectivity index (χ4n) is 3.29. The van der Waals surface area contributed by atoms with E-state index in [2.05, 4.69) is 15.9 Å². The van der Waals surface area contributed by atoms with Gasteiger partial charge in [-0.25, -0.2) is 4.79 Å². The van der Waals surface area contributed by atoms with Crippen LogP contribution in [0, 0.1) is 13.8 Å². The molecule has 0 atom stereocenters. The van der Waals surface area contributed by atoms with Gasteiger partial charge < -0.3 is 9.15 Å². The maximum Gasteiger partial charge on any atom is 0.343 e. The van der Waals surface area contributed by atoms with Crippen LogP contribution in [0.2, 0.25) is 5.02 Å². The molecular weight excluding hydrogens is 468 g/mol. The van der Waals surface area contributed by atoms with Crippen LogP contribution in [0.15, 0.2) is 74.3 Å². The highest BCUT2D eigenvalue weighted by Gasteiger charge is 2.23. The molecule has 0 fully saturated rings. The Morgan fingerprint density at radius 2 is 1.73 bits per heavy atom. The third-order valence-corrected chi connectivity index (χ3v) is 5.53. The lowest BCUT2D eigenvalue weighted by Crippen LogP contribution is -2.16. The van der Waals surface area contributed by atoms with Crippen LogP contribution < -0.4 is 10.2 Å². The van der Waals surface area contributed by atoms with Gasteiger partial charge in [0.25, 0.3) is 0 Å². The van der Waals surface area contributed by atoms with Gasteiger partial charge in [0.1, 0.15) is 5.58 Å². The number of carbonyl (C=O) groups excluding carboxylic acids is 1. The highest BCUT2D eigenvalue weighted by atomic mass is 79.9. The molecule has 1 heterocycles. The molecule has 0 aliphatic carbocycles. The molecule has 150 valence electrons. The third-order valence-electron chi connectivity index (χ3n) is 4.67. The SMILES string of the molecule is Cc1cc(C)c2oc(-c3ccccc3Cl)c(OC(=O)c3ccc(Br)cc3)c(=O)c2c1. The molecule has 0 saturated heterocycles. The molecule has 0 saturated carbocycles. The van der Waals surface area contributed by atoms with Crippen molar-refractivity contribution < 1.29 is 13.9 Å². The summed E-state index contributed by atoms with van der Waals surface area (Å²) in [5.41, 5.74) is 2.50. The molecule has 3 aromatic carbocycles. The number of hydrogen-bond acceptors (Lipinski definition) is 4. The minimum Gasteiger partial charge on any atom is -0.452 e. The highest BCUT2D eigenvalue weighted by molar-refractivity contribution is 9.10. The predicted molar refractivity (Wildman–Crippen MR) is 122 cm³/mol. The van der Waals surface area contributed by atoms with Gasteiger partial charge in [-0.05, 0) is 67.4 Å². The van der Waals surface area contributed by atoms with Crippen molar-refractivity contribution in [3.05, 3.63) is 97.1 Å². The van der Waals surface area contributed by atoms with Gasteiger partial charge in [-0.15, -0.1) is 0 Å². The molecule has 0 amide bonds. The maximum absolute atomic E-state index is 13.4. The number of halogens is 2. The Balaban J connectivity index is 1.96. The first-order valence-corrected chi connectivity index (χ1v) is 10.3. The minimum absolute atomic E-state index is 0.121. The number of hydrogen-bond donors (Lipinski definition) is 0. The zero-order valence-electron chi connectivity index (χ0n) is 16.2. The first-order valence-electron chi connectivity index (χ1n) is 9.16. The van der Waals surface area contributed by atoms with Crippen LogP contribution in [0.4, 0.5) is 0 Å². The molecule has 4 nitrogen and oxygen atoms in total. The lowest BCUT2D eigenvalue weighted by Gasteiger charge is -2.13. The molecule has 4 aromatic rings. The largest absolute Gasteiger partial charge is 0.452 e. The molecule has 0 bridgehead atoms.